The smallest absolute Gasteiger partial charge is 0.137 e. The maximum atomic E-state index is 13.1. The zero-order valence-corrected chi connectivity index (χ0v) is 13.6. The molecule has 0 aliphatic rings. The number of halogens is 3. The SMILES string of the molecule is Cc1cc(C(O)Cc2ccc(F)c(Br)c2)sc1Br. The first-order chi connectivity index (χ1) is 8.47. The third-order valence-electron chi connectivity index (χ3n) is 2.62. The standard InChI is InChI=1S/C13H11Br2FOS/c1-7-4-12(18-13(7)15)11(17)6-8-2-3-10(16)9(14)5-8/h2-5,11,17H,6H2,1H3. The summed E-state index contributed by atoms with van der Waals surface area (Å²) in [6, 6.07) is 6.77. The summed E-state index contributed by atoms with van der Waals surface area (Å²) >= 11 is 8.12. The Balaban J connectivity index is 2.15. The lowest BCUT2D eigenvalue weighted by atomic mass is 10.1. The fourth-order valence-electron chi connectivity index (χ4n) is 1.64. The van der Waals surface area contributed by atoms with Crippen LogP contribution in [0, 0.1) is 12.7 Å². The van der Waals surface area contributed by atoms with Gasteiger partial charge in [-0.15, -0.1) is 11.3 Å². The second-order valence-corrected chi connectivity index (χ2v) is 7.33. The van der Waals surface area contributed by atoms with Crippen molar-refractivity contribution in [3.8, 4) is 0 Å². The van der Waals surface area contributed by atoms with Gasteiger partial charge in [0, 0.05) is 11.3 Å². The number of rotatable bonds is 3. The van der Waals surface area contributed by atoms with Gasteiger partial charge in [-0.2, -0.15) is 0 Å². The first-order valence-electron chi connectivity index (χ1n) is 5.35. The van der Waals surface area contributed by atoms with Gasteiger partial charge in [0.2, 0.25) is 0 Å². The number of benzene rings is 1. The number of hydrogen-bond acceptors (Lipinski definition) is 2. The Kier molecular flexibility index (Phi) is 4.59. The molecule has 96 valence electrons. The van der Waals surface area contributed by atoms with E-state index in [2.05, 4.69) is 31.9 Å². The van der Waals surface area contributed by atoms with Crippen LogP contribution in [-0.4, -0.2) is 5.11 Å². The molecule has 1 unspecified atom stereocenters. The summed E-state index contributed by atoms with van der Waals surface area (Å²) in [6.45, 7) is 1.99. The Morgan fingerprint density at radius 1 is 1.33 bits per heavy atom. The van der Waals surface area contributed by atoms with E-state index in [1.54, 1.807) is 12.1 Å². The quantitative estimate of drug-likeness (QED) is 0.778. The van der Waals surface area contributed by atoms with Gasteiger partial charge in [-0.3, -0.25) is 0 Å². The molecule has 0 aliphatic heterocycles. The topological polar surface area (TPSA) is 20.2 Å². The summed E-state index contributed by atoms with van der Waals surface area (Å²) in [7, 11) is 0. The summed E-state index contributed by atoms with van der Waals surface area (Å²) < 4.78 is 14.6. The highest BCUT2D eigenvalue weighted by Gasteiger charge is 2.13. The molecule has 1 N–H and O–H groups in total. The van der Waals surface area contributed by atoms with Crippen LogP contribution in [0.4, 0.5) is 4.39 Å². The molecular weight excluding hydrogens is 383 g/mol. The minimum atomic E-state index is -0.558. The predicted molar refractivity (Wildman–Crippen MR) is 79.5 cm³/mol. The molecule has 0 saturated heterocycles. The molecule has 1 atom stereocenters. The molecule has 5 heteroatoms. The van der Waals surface area contributed by atoms with E-state index in [0.29, 0.717) is 10.9 Å². The van der Waals surface area contributed by atoms with Crippen molar-refractivity contribution in [3.05, 3.63) is 54.3 Å². The molecule has 0 saturated carbocycles. The zero-order chi connectivity index (χ0) is 13.3. The number of aliphatic hydroxyl groups is 1. The van der Waals surface area contributed by atoms with Gasteiger partial charge in [-0.25, -0.2) is 4.39 Å². The molecule has 1 aromatic heterocycles. The van der Waals surface area contributed by atoms with Gasteiger partial charge in [0.05, 0.1) is 14.4 Å². The van der Waals surface area contributed by atoms with E-state index in [0.717, 1.165) is 19.8 Å². The Morgan fingerprint density at radius 3 is 2.61 bits per heavy atom. The lowest BCUT2D eigenvalue weighted by molar-refractivity contribution is 0.182. The average molecular weight is 394 g/mol. The fraction of sp³-hybridized carbons (Fsp3) is 0.231. The van der Waals surface area contributed by atoms with Crippen molar-refractivity contribution in [1.29, 1.82) is 0 Å². The van der Waals surface area contributed by atoms with Crippen molar-refractivity contribution >= 4 is 43.2 Å². The summed E-state index contributed by atoms with van der Waals surface area (Å²) in [5, 5.41) is 10.2. The summed E-state index contributed by atoms with van der Waals surface area (Å²) in [5.41, 5.74) is 2.02. The minimum Gasteiger partial charge on any atom is -0.387 e. The van der Waals surface area contributed by atoms with Crippen molar-refractivity contribution in [2.45, 2.75) is 19.4 Å². The third kappa shape index (κ3) is 3.20. The highest BCUT2D eigenvalue weighted by molar-refractivity contribution is 9.11. The first kappa shape index (κ1) is 14.2. The molecule has 2 rings (SSSR count). The second kappa shape index (κ2) is 5.82. The maximum absolute atomic E-state index is 13.1. The Hall–Kier alpha value is -0.230. The summed E-state index contributed by atoms with van der Waals surface area (Å²) in [6.07, 6.45) is -0.0805. The van der Waals surface area contributed by atoms with Crippen LogP contribution in [0.2, 0.25) is 0 Å². The molecule has 1 nitrogen and oxygen atoms in total. The molecule has 2 aromatic rings. The monoisotopic (exact) mass is 392 g/mol. The molecule has 18 heavy (non-hydrogen) atoms. The van der Waals surface area contributed by atoms with Crippen LogP contribution in [-0.2, 0) is 6.42 Å². The molecule has 1 aromatic carbocycles. The van der Waals surface area contributed by atoms with Crippen molar-refractivity contribution in [3.63, 3.8) is 0 Å². The van der Waals surface area contributed by atoms with Gasteiger partial charge in [0.1, 0.15) is 5.82 Å². The molecule has 0 fully saturated rings. The highest BCUT2D eigenvalue weighted by Crippen LogP contribution is 2.33. The molecule has 1 heterocycles. The van der Waals surface area contributed by atoms with Crippen LogP contribution in [0.1, 0.15) is 22.1 Å². The summed E-state index contributed by atoms with van der Waals surface area (Å²) in [4.78, 5) is 0.917. The molecule has 0 aliphatic carbocycles. The van der Waals surface area contributed by atoms with Crippen LogP contribution in [0.3, 0.4) is 0 Å². The number of thiophene rings is 1. The van der Waals surface area contributed by atoms with Gasteiger partial charge >= 0.3 is 0 Å². The lowest BCUT2D eigenvalue weighted by Gasteiger charge is -2.09. The molecule has 0 amide bonds. The average Bonchev–Trinajstić information content (AvgIpc) is 2.65. The van der Waals surface area contributed by atoms with Crippen LogP contribution in [0.25, 0.3) is 0 Å². The highest BCUT2D eigenvalue weighted by atomic mass is 79.9. The minimum absolute atomic E-state index is 0.289. The Labute approximate surface area is 126 Å². The Morgan fingerprint density at radius 2 is 2.06 bits per heavy atom. The van der Waals surface area contributed by atoms with E-state index in [9.17, 15) is 9.50 Å². The van der Waals surface area contributed by atoms with Gasteiger partial charge in [0.25, 0.3) is 0 Å². The van der Waals surface area contributed by atoms with Crippen LogP contribution in [0.5, 0.6) is 0 Å². The largest absolute Gasteiger partial charge is 0.387 e. The summed E-state index contributed by atoms with van der Waals surface area (Å²) in [5.74, 6) is -0.289. The van der Waals surface area contributed by atoms with E-state index in [4.69, 9.17) is 0 Å². The number of hydrogen-bond donors (Lipinski definition) is 1. The van der Waals surface area contributed by atoms with E-state index >= 15 is 0 Å². The van der Waals surface area contributed by atoms with Crippen molar-refractivity contribution in [2.75, 3.05) is 0 Å². The normalized spacial score (nSPS) is 12.7. The van der Waals surface area contributed by atoms with Gasteiger partial charge in [0.15, 0.2) is 0 Å². The van der Waals surface area contributed by atoms with Crippen LogP contribution >= 0.6 is 43.2 Å². The maximum Gasteiger partial charge on any atom is 0.137 e. The number of aliphatic hydroxyl groups excluding tert-OH is 1. The molecule has 0 spiro atoms. The predicted octanol–water partition coefficient (Wildman–Crippen LogP) is 5.00. The van der Waals surface area contributed by atoms with Crippen molar-refractivity contribution < 1.29 is 9.50 Å². The Bertz CT molecular complexity index is 549. The van der Waals surface area contributed by atoms with Crippen molar-refractivity contribution in [2.24, 2.45) is 0 Å². The van der Waals surface area contributed by atoms with Crippen LogP contribution in [0.15, 0.2) is 32.5 Å². The van der Waals surface area contributed by atoms with E-state index in [-0.39, 0.29) is 5.82 Å². The van der Waals surface area contributed by atoms with E-state index in [1.165, 1.54) is 17.4 Å². The second-order valence-electron chi connectivity index (χ2n) is 4.07. The lowest BCUT2D eigenvalue weighted by Crippen LogP contribution is -1.99. The molecule has 0 bridgehead atoms. The molecular formula is C13H11Br2FOS. The number of aryl methyl sites for hydroxylation is 1. The van der Waals surface area contributed by atoms with Crippen molar-refractivity contribution in [1.82, 2.24) is 0 Å². The third-order valence-corrected chi connectivity index (χ3v) is 5.46. The fourth-order valence-corrected chi connectivity index (χ4v) is 3.62. The first-order valence-corrected chi connectivity index (χ1v) is 7.75. The van der Waals surface area contributed by atoms with Crippen LogP contribution < -0.4 is 0 Å². The van der Waals surface area contributed by atoms with Gasteiger partial charge in [-0.05, 0) is 68.1 Å². The van der Waals surface area contributed by atoms with E-state index in [1.807, 2.05) is 13.0 Å². The van der Waals surface area contributed by atoms with Gasteiger partial charge in [-0.1, -0.05) is 6.07 Å². The van der Waals surface area contributed by atoms with Gasteiger partial charge < -0.3 is 5.11 Å². The molecule has 0 radical (unpaired) electrons. The zero-order valence-electron chi connectivity index (χ0n) is 9.58. The van der Waals surface area contributed by atoms with E-state index < -0.39 is 6.10 Å².